The van der Waals surface area contributed by atoms with Gasteiger partial charge >= 0.3 is 0 Å². The Morgan fingerprint density at radius 1 is 1.06 bits per heavy atom. The van der Waals surface area contributed by atoms with E-state index in [0.29, 0.717) is 27.4 Å². The number of nitrogens with one attached hydrogen (secondary N) is 1. The van der Waals surface area contributed by atoms with Crippen LogP contribution in [0, 0.1) is 0 Å². The molecule has 3 aromatic rings. The number of rotatable bonds is 6. The molecule has 2 aliphatic rings. The summed E-state index contributed by atoms with van der Waals surface area (Å²) < 4.78 is 5.38. The van der Waals surface area contributed by atoms with Crippen LogP contribution < -0.4 is 10.1 Å². The van der Waals surface area contributed by atoms with Crippen LogP contribution in [-0.4, -0.2) is 65.5 Å². The molecule has 1 aliphatic carbocycles. The van der Waals surface area contributed by atoms with E-state index in [4.69, 9.17) is 16.3 Å². The Balaban J connectivity index is 1.41. The number of aromatic nitrogens is 2. The number of methoxy groups -OCH3 is 1. The number of piperazine rings is 1. The highest BCUT2D eigenvalue weighted by atomic mass is 35.5. The summed E-state index contributed by atoms with van der Waals surface area (Å²) in [4.78, 5) is 27.3. The lowest BCUT2D eigenvalue weighted by molar-refractivity contribution is 0.0965. The third-order valence-corrected chi connectivity index (χ3v) is 7.21. The second-order valence-corrected chi connectivity index (χ2v) is 9.38. The summed E-state index contributed by atoms with van der Waals surface area (Å²) in [7, 11) is 1.62. The number of benzene rings is 2. The van der Waals surface area contributed by atoms with E-state index in [1.54, 1.807) is 31.6 Å². The lowest BCUT2D eigenvalue weighted by Gasteiger charge is -2.37. The SMILES string of the molecule is CCN1CCN(C2=CCCC(NC(=O)c3ccc(-c4cc(OC)ccc4Cl)c4nccnc34)=C2)CC1. The summed E-state index contributed by atoms with van der Waals surface area (Å²) in [5.41, 5.74) is 5.33. The van der Waals surface area contributed by atoms with Crippen LogP contribution in [0.3, 0.4) is 0 Å². The first kappa shape index (κ1) is 24.3. The number of nitrogens with zero attached hydrogens (tertiary/aromatic N) is 4. The lowest BCUT2D eigenvalue weighted by Crippen LogP contribution is -2.45. The molecule has 2 heterocycles. The predicted octanol–water partition coefficient (Wildman–Crippen LogP) is 4.89. The molecule has 8 heteroatoms. The molecule has 0 spiro atoms. The molecule has 1 saturated heterocycles. The van der Waals surface area contributed by atoms with E-state index in [-0.39, 0.29) is 5.91 Å². The topological polar surface area (TPSA) is 70.6 Å². The van der Waals surface area contributed by atoms with Crippen molar-refractivity contribution in [3.05, 3.63) is 76.9 Å². The number of ether oxygens (including phenoxy) is 1. The number of amides is 1. The lowest BCUT2D eigenvalue weighted by atomic mass is 10.00. The molecule has 5 rings (SSSR count). The van der Waals surface area contributed by atoms with Crippen molar-refractivity contribution in [2.75, 3.05) is 39.8 Å². The molecular weight excluding hydrogens is 474 g/mol. The fourth-order valence-corrected chi connectivity index (χ4v) is 5.05. The maximum absolute atomic E-state index is 13.4. The van der Waals surface area contributed by atoms with Crippen LogP contribution in [-0.2, 0) is 0 Å². The first-order valence-electron chi connectivity index (χ1n) is 12.3. The molecule has 0 atom stereocenters. The van der Waals surface area contributed by atoms with Crippen LogP contribution in [0.5, 0.6) is 5.75 Å². The highest BCUT2D eigenvalue weighted by Crippen LogP contribution is 2.35. The Kier molecular flexibility index (Phi) is 7.20. The molecule has 36 heavy (non-hydrogen) atoms. The van der Waals surface area contributed by atoms with Crippen molar-refractivity contribution in [1.82, 2.24) is 25.1 Å². The summed E-state index contributed by atoms with van der Waals surface area (Å²) in [6, 6.07) is 9.14. The molecule has 0 bridgehead atoms. The molecule has 1 fully saturated rings. The number of halogens is 1. The fraction of sp³-hybridized carbons (Fsp3) is 0.321. The molecule has 0 saturated carbocycles. The van der Waals surface area contributed by atoms with Gasteiger partial charge in [-0.25, -0.2) is 0 Å². The molecule has 2 aromatic carbocycles. The average Bonchev–Trinajstić information content (AvgIpc) is 2.93. The van der Waals surface area contributed by atoms with Gasteiger partial charge in [0.15, 0.2) is 0 Å². The maximum Gasteiger partial charge on any atom is 0.257 e. The zero-order valence-electron chi connectivity index (χ0n) is 20.6. The molecular formula is C28H30ClN5O2. The van der Waals surface area contributed by atoms with Gasteiger partial charge in [-0.3, -0.25) is 14.8 Å². The summed E-state index contributed by atoms with van der Waals surface area (Å²) in [6.45, 7) is 7.44. The first-order chi connectivity index (χ1) is 17.6. The highest BCUT2D eigenvalue weighted by Gasteiger charge is 2.21. The van der Waals surface area contributed by atoms with E-state index in [9.17, 15) is 4.79 Å². The number of fused-ring (bicyclic) bond motifs is 1. The van der Waals surface area contributed by atoms with Crippen molar-refractivity contribution in [3.8, 4) is 16.9 Å². The molecule has 7 nitrogen and oxygen atoms in total. The zero-order chi connectivity index (χ0) is 25.1. The maximum atomic E-state index is 13.4. The van der Waals surface area contributed by atoms with Gasteiger partial charge in [0.2, 0.25) is 0 Å². The summed E-state index contributed by atoms with van der Waals surface area (Å²) in [5.74, 6) is 0.504. The number of likely N-dealkylation sites (N-methyl/N-ethyl adjacent to an activating group) is 1. The van der Waals surface area contributed by atoms with E-state index in [0.717, 1.165) is 62.4 Å². The predicted molar refractivity (Wildman–Crippen MR) is 143 cm³/mol. The van der Waals surface area contributed by atoms with Crippen molar-refractivity contribution in [3.63, 3.8) is 0 Å². The number of hydrogen-bond donors (Lipinski definition) is 1. The third-order valence-electron chi connectivity index (χ3n) is 6.88. The Bertz CT molecular complexity index is 1350. The van der Waals surface area contributed by atoms with E-state index < -0.39 is 0 Å². The molecule has 0 radical (unpaired) electrons. The number of allylic oxidation sites excluding steroid dienone is 3. The Labute approximate surface area is 216 Å². The average molecular weight is 504 g/mol. The van der Waals surface area contributed by atoms with Crippen LogP contribution in [0.25, 0.3) is 22.2 Å². The van der Waals surface area contributed by atoms with Crippen LogP contribution in [0.15, 0.2) is 66.3 Å². The van der Waals surface area contributed by atoms with Gasteiger partial charge in [-0.05, 0) is 49.7 Å². The van der Waals surface area contributed by atoms with Crippen molar-refractivity contribution < 1.29 is 9.53 Å². The second-order valence-electron chi connectivity index (χ2n) is 8.97. The van der Waals surface area contributed by atoms with Crippen LogP contribution in [0.1, 0.15) is 30.1 Å². The molecule has 186 valence electrons. The minimum absolute atomic E-state index is 0.188. The summed E-state index contributed by atoms with van der Waals surface area (Å²) in [6.07, 6.45) is 9.31. The molecule has 1 aliphatic heterocycles. The second kappa shape index (κ2) is 10.7. The van der Waals surface area contributed by atoms with Gasteiger partial charge < -0.3 is 19.9 Å². The largest absolute Gasteiger partial charge is 0.497 e. The van der Waals surface area contributed by atoms with Crippen LogP contribution in [0.4, 0.5) is 0 Å². The molecule has 0 unspecified atom stereocenters. The normalized spacial score (nSPS) is 16.5. The van der Waals surface area contributed by atoms with Gasteiger partial charge in [-0.2, -0.15) is 0 Å². The van der Waals surface area contributed by atoms with Gasteiger partial charge in [0, 0.05) is 66.1 Å². The monoisotopic (exact) mass is 503 g/mol. The van der Waals surface area contributed by atoms with Crippen molar-refractivity contribution in [1.29, 1.82) is 0 Å². The van der Waals surface area contributed by atoms with E-state index in [1.807, 2.05) is 18.2 Å². The third kappa shape index (κ3) is 4.94. The molecule has 1 amide bonds. The summed E-state index contributed by atoms with van der Waals surface area (Å²) in [5, 5.41) is 3.71. The van der Waals surface area contributed by atoms with Crippen molar-refractivity contribution in [2.24, 2.45) is 0 Å². The number of carbonyl (C=O) groups excluding carboxylic acids is 1. The smallest absolute Gasteiger partial charge is 0.257 e. The van der Waals surface area contributed by atoms with Gasteiger partial charge in [-0.1, -0.05) is 30.7 Å². The minimum atomic E-state index is -0.188. The van der Waals surface area contributed by atoms with Crippen molar-refractivity contribution in [2.45, 2.75) is 19.8 Å². The molecule has 1 aromatic heterocycles. The Morgan fingerprint density at radius 2 is 1.83 bits per heavy atom. The molecule has 1 N–H and O–H groups in total. The first-order valence-corrected chi connectivity index (χ1v) is 12.7. The van der Waals surface area contributed by atoms with Gasteiger partial charge in [0.25, 0.3) is 5.91 Å². The summed E-state index contributed by atoms with van der Waals surface area (Å²) >= 11 is 6.51. The highest BCUT2D eigenvalue weighted by molar-refractivity contribution is 6.33. The Morgan fingerprint density at radius 3 is 2.58 bits per heavy atom. The minimum Gasteiger partial charge on any atom is -0.497 e. The van der Waals surface area contributed by atoms with E-state index in [1.165, 1.54) is 5.70 Å². The van der Waals surface area contributed by atoms with Gasteiger partial charge in [0.05, 0.1) is 18.2 Å². The van der Waals surface area contributed by atoms with Crippen LogP contribution >= 0.6 is 11.6 Å². The fourth-order valence-electron chi connectivity index (χ4n) is 4.83. The van der Waals surface area contributed by atoms with E-state index >= 15 is 0 Å². The van der Waals surface area contributed by atoms with Crippen molar-refractivity contribution >= 4 is 28.5 Å². The van der Waals surface area contributed by atoms with Gasteiger partial charge in [0.1, 0.15) is 11.3 Å². The zero-order valence-corrected chi connectivity index (χ0v) is 21.4. The number of carbonyl (C=O) groups is 1. The number of hydrogen-bond acceptors (Lipinski definition) is 6. The van der Waals surface area contributed by atoms with Crippen LogP contribution in [0.2, 0.25) is 5.02 Å². The van der Waals surface area contributed by atoms with Gasteiger partial charge in [-0.15, -0.1) is 0 Å². The quantitative estimate of drug-likeness (QED) is 0.516. The standard InChI is InChI=1S/C28H30ClN5O2/c1-3-33-13-15-34(16-14-33)20-6-4-5-19(17-20)32-28(35)23-9-8-22(26-27(23)31-12-11-30-26)24-18-21(36-2)7-10-25(24)29/h6-12,17-18H,3-5,13-16H2,1-2H3,(H,32,35). The van der Waals surface area contributed by atoms with E-state index in [2.05, 4.69) is 44.2 Å². The Hall–Kier alpha value is -3.42.